The predicted molar refractivity (Wildman–Crippen MR) is 170 cm³/mol. The Kier molecular flexibility index (Phi) is 3.31. The van der Waals surface area contributed by atoms with Gasteiger partial charge >= 0.3 is 0 Å². The molecule has 0 aliphatic heterocycles. The second kappa shape index (κ2) is 6.61. The Morgan fingerprint density at radius 3 is 1.18 bits per heavy atom. The minimum absolute atomic E-state index is 1.01. The van der Waals surface area contributed by atoms with Crippen molar-refractivity contribution >= 4 is 64.6 Å². The Bertz CT molecular complexity index is 2370. The van der Waals surface area contributed by atoms with Crippen molar-refractivity contribution in [2.75, 3.05) is 0 Å². The second-order valence-corrected chi connectivity index (χ2v) is 12.0. The van der Waals surface area contributed by atoms with Gasteiger partial charge in [0.25, 0.3) is 0 Å². The van der Waals surface area contributed by atoms with Gasteiger partial charge in [-0.2, -0.15) is 0 Å². The first-order valence-electron chi connectivity index (χ1n) is 14.4. The standard InChI is InChI=1S/C40H22/c1-3-21-7-9-25-15-35-31-18-28-20-34-30-14-12-24-6-2-4-22-8-10-26(40(30)38(22)24)16-36(34)32(28)17-27(31)19-33(35)29-13-11-23(5-1)37(21)39(25)29/h1-18H,19-20H2. The maximum Gasteiger partial charge on any atom is -0.000705 e. The van der Waals surface area contributed by atoms with Gasteiger partial charge in [0.2, 0.25) is 0 Å². The highest BCUT2D eigenvalue weighted by molar-refractivity contribution is 6.26. The average Bonchev–Trinajstić information content (AvgIpc) is 3.54. The zero-order valence-electron chi connectivity index (χ0n) is 21.8. The Morgan fingerprint density at radius 2 is 0.725 bits per heavy atom. The maximum atomic E-state index is 2.53. The van der Waals surface area contributed by atoms with Crippen LogP contribution >= 0.6 is 0 Å². The van der Waals surface area contributed by atoms with E-state index in [0.29, 0.717) is 0 Å². The Balaban J connectivity index is 1.16. The van der Waals surface area contributed by atoms with Gasteiger partial charge in [0.1, 0.15) is 0 Å². The summed E-state index contributed by atoms with van der Waals surface area (Å²) in [5.41, 5.74) is 11.7. The van der Waals surface area contributed by atoms with Crippen LogP contribution in [0.1, 0.15) is 22.3 Å². The first-order chi connectivity index (χ1) is 19.8. The molecule has 0 saturated heterocycles. The first kappa shape index (κ1) is 20.0. The molecule has 0 fully saturated rings. The third kappa shape index (κ3) is 2.24. The normalized spacial score (nSPS) is 13.8. The summed E-state index contributed by atoms with van der Waals surface area (Å²) in [7, 11) is 0. The zero-order chi connectivity index (χ0) is 25.7. The summed E-state index contributed by atoms with van der Waals surface area (Å²) in [5, 5.41) is 16.6. The van der Waals surface area contributed by atoms with Crippen LogP contribution in [0.4, 0.5) is 0 Å². The van der Waals surface area contributed by atoms with E-state index in [2.05, 4.69) is 109 Å². The summed E-state index contributed by atoms with van der Waals surface area (Å²) in [5.74, 6) is 0. The van der Waals surface area contributed by atoms with E-state index < -0.39 is 0 Å². The van der Waals surface area contributed by atoms with Gasteiger partial charge in [-0.05, 0) is 146 Å². The van der Waals surface area contributed by atoms with Crippen molar-refractivity contribution in [1.29, 1.82) is 0 Å². The summed E-state index contributed by atoms with van der Waals surface area (Å²) in [4.78, 5) is 0. The highest BCUT2D eigenvalue weighted by atomic mass is 14.3. The molecule has 0 bridgehead atoms. The van der Waals surface area contributed by atoms with E-state index in [9.17, 15) is 0 Å². The lowest BCUT2D eigenvalue weighted by Crippen LogP contribution is -1.89. The number of rotatable bonds is 0. The molecule has 0 radical (unpaired) electrons. The van der Waals surface area contributed by atoms with Gasteiger partial charge in [-0.3, -0.25) is 0 Å². The van der Waals surface area contributed by atoms with Gasteiger partial charge in [0, 0.05) is 0 Å². The zero-order valence-corrected chi connectivity index (χ0v) is 21.8. The van der Waals surface area contributed by atoms with E-state index in [4.69, 9.17) is 0 Å². The van der Waals surface area contributed by atoms with Crippen LogP contribution in [0.2, 0.25) is 0 Å². The lowest BCUT2D eigenvalue weighted by molar-refractivity contribution is 1.26. The second-order valence-electron chi connectivity index (χ2n) is 12.0. The third-order valence-electron chi connectivity index (χ3n) is 10.2. The topological polar surface area (TPSA) is 0 Å². The van der Waals surface area contributed by atoms with E-state index >= 15 is 0 Å². The highest BCUT2D eigenvalue weighted by Gasteiger charge is 2.29. The first-order valence-corrected chi connectivity index (χ1v) is 14.4. The molecule has 9 aromatic carbocycles. The molecule has 0 N–H and O–H groups in total. The minimum Gasteiger partial charge on any atom is -0.0610 e. The molecule has 0 heterocycles. The molecule has 0 amide bonds. The van der Waals surface area contributed by atoms with Crippen molar-refractivity contribution in [2.45, 2.75) is 12.8 Å². The molecule has 182 valence electrons. The van der Waals surface area contributed by atoms with Gasteiger partial charge in [-0.15, -0.1) is 0 Å². The Morgan fingerprint density at radius 1 is 0.325 bits per heavy atom. The predicted octanol–water partition coefficient (Wildman–Crippen LogP) is 10.6. The van der Waals surface area contributed by atoms with Crippen LogP contribution in [0.3, 0.4) is 0 Å². The molecule has 11 rings (SSSR count). The van der Waals surface area contributed by atoms with E-state index in [1.807, 2.05) is 0 Å². The van der Waals surface area contributed by atoms with Gasteiger partial charge < -0.3 is 0 Å². The number of fused-ring (bicyclic) bond motifs is 8. The van der Waals surface area contributed by atoms with Crippen molar-refractivity contribution in [3.63, 3.8) is 0 Å². The lowest BCUT2D eigenvalue weighted by Gasteiger charge is -2.14. The van der Waals surface area contributed by atoms with E-state index in [1.165, 1.54) is 109 Å². The van der Waals surface area contributed by atoms with Gasteiger partial charge in [0.15, 0.2) is 0 Å². The molecule has 9 aromatic rings. The summed E-state index contributed by atoms with van der Waals surface area (Å²) in [6, 6.07) is 42.0. The SMILES string of the molecule is c1cc2ccc3cc4c(c5ccc(c1)c2c35)Cc1cc2c(cc1-4)Cc1c-2cc2ccc3cccc4ccc1c2c34. The lowest BCUT2D eigenvalue weighted by atomic mass is 9.89. The molecule has 0 heteroatoms. The fourth-order valence-corrected chi connectivity index (χ4v) is 8.46. The molecule has 40 heavy (non-hydrogen) atoms. The summed E-state index contributed by atoms with van der Waals surface area (Å²) in [6.45, 7) is 0. The molecule has 0 nitrogen and oxygen atoms in total. The molecule has 2 aliphatic rings. The maximum absolute atomic E-state index is 2.53. The number of hydrogen-bond acceptors (Lipinski definition) is 0. The Hall–Kier alpha value is -4.94. The van der Waals surface area contributed by atoms with Crippen molar-refractivity contribution in [1.82, 2.24) is 0 Å². The minimum atomic E-state index is 1.01. The fraction of sp³-hybridized carbons (Fsp3) is 0.0500. The molecule has 0 saturated carbocycles. The molecule has 0 aromatic heterocycles. The van der Waals surface area contributed by atoms with Gasteiger partial charge in [-0.25, -0.2) is 0 Å². The van der Waals surface area contributed by atoms with Crippen LogP contribution < -0.4 is 0 Å². The van der Waals surface area contributed by atoms with Crippen LogP contribution in [0.15, 0.2) is 109 Å². The van der Waals surface area contributed by atoms with Gasteiger partial charge in [-0.1, -0.05) is 84.9 Å². The molecule has 0 atom stereocenters. The monoisotopic (exact) mass is 502 g/mol. The molecule has 0 spiro atoms. The number of hydrogen-bond donors (Lipinski definition) is 0. The van der Waals surface area contributed by atoms with Crippen molar-refractivity contribution in [2.24, 2.45) is 0 Å². The average molecular weight is 503 g/mol. The van der Waals surface area contributed by atoms with E-state index in [1.54, 1.807) is 0 Å². The van der Waals surface area contributed by atoms with Crippen molar-refractivity contribution in [3.05, 3.63) is 131 Å². The fourth-order valence-electron chi connectivity index (χ4n) is 8.46. The molecular weight excluding hydrogens is 480 g/mol. The van der Waals surface area contributed by atoms with Crippen LogP contribution in [0, 0.1) is 0 Å². The summed E-state index contributed by atoms with van der Waals surface area (Å²) < 4.78 is 0. The van der Waals surface area contributed by atoms with Crippen LogP contribution in [0.5, 0.6) is 0 Å². The molecule has 2 aliphatic carbocycles. The van der Waals surface area contributed by atoms with Gasteiger partial charge in [0.05, 0.1) is 0 Å². The van der Waals surface area contributed by atoms with Crippen LogP contribution in [-0.2, 0) is 12.8 Å². The summed E-state index contributed by atoms with van der Waals surface area (Å²) >= 11 is 0. The molecular formula is C40H22. The largest absolute Gasteiger partial charge is 0.0610 e. The quantitative estimate of drug-likeness (QED) is 0.181. The third-order valence-corrected chi connectivity index (χ3v) is 10.2. The van der Waals surface area contributed by atoms with Crippen molar-refractivity contribution in [3.8, 4) is 22.3 Å². The molecule has 0 unspecified atom stereocenters. The smallest absolute Gasteiger partial charge is 0.000705 e. The van der Waals surface area contributed by atoms with Crippen molar-refractivity contribution < 1.29 is 0 Å². The Labute approximate surface area is 230 Å². The highest BCUT2D eigenvalue weighted by Crippen LogP contribution is 2.51. The van der Waals surface area contributed by atoms with E-state index in [0.717, 1.165) is 12.8 Å². The van der Waals surface area contributed by atoms with E-state index in [-0.39, 0.29) is 0 Å². The van der Waals surface area contributed by atoms with Crippen LogP contribution in [0.25, 0.3) is 86.9 Å². The van der Waals surface area contributed by atoms with Crippen LogP contribution in [-0.4, -0.2) is 0 Å². The summed E-state index contributed by atoms with van der Waals surface area (Å²) in [6.07, 6.45) is 2.02. The number of benzene rings is 9.